The Balaban J connectivity index is 2.27. The minimum Gasteiger partial charge on any atom is -0.0848 e. The second kappa shape index (κ2) is 1.37. The molecule has 0 heteroatoms. The van der Waals surface area contributed by atoms with Crippen LogP contribution in [0.3, 0.4) is 0 Å². The fourth-order valence-electron chi connectivity index (χ4n) is 2.06. The van der Waals surface area contributed by atoms with Crippen molar-refractivity contribution in [1.29, 1.82) is 0 Å². The highest BCUT2D eigenvalue weighted by Gasteiger charge is 2.33. The molecule has 0 aromatic carbocycles. The van der Waals surface area contributed by atoms with E-state index >= 15 is 0 Å². The molecule has 0 amide bonds. The van der Waals surface area contributed by atoms with Crippen molar-refractivity contribution in [1.82, 2.24) is 0 Å². The van der Waals surface area contributed by atoms with Gasteiger partial charge in [-0.1, -0.05) is 19.1 Å². The third-order valence-corrected chi connectivity index (χ3v) is 2.79. The summed E-state index contributed by atoms with van der Waals surface area (Å²) in [6.45, 7) is 2.38. The molecule has 8 heavy (non-hydrogen) atoms. The second-order valence-corrected chi connectivity index (χ2v) is 3.15. The summed E-state index contributed by atoms with van der Waals surface area (Å²) >= 11 is 0. The van der Waals surface area contributed by atoms with Gasteiger partial charge in [0.2, 0.25) is 0 Å². The van der Waals surface area contributed by atoms with E-state index in [2.05, 4.69) is 19.1 Å². The maximum atomic E-state index is 2.40. The van der Waals surface area contributed by atoms with Crippen LogP contribution in [0.25, 0.3) is 0 Å². The van der Waals surface area contributed by atoms with E-state index in [0.717, 1.165) is 17.8 Å². The van der Waals surface area contributed by atoms with E-state index in [4.69, 9.17) is 0 Å². The van der Waals surface area contributed by atoms with Crippen LogP contribution in [0.15, 0.2) is 12.2 Å². The number of fused-ring (bicyclic) bond motifs is 2. The minimum absolute atomic E-state index is 0.958. The molecular weight excluding hydrogens is 96.1 g/mol. The summed E-state index contributed by atoms with van der Waals surface area (Å²) in [6, 6.07) is 0. The Bertz CT molecular complexity index is 110. The largest absolute Gasteiger partial charge is 0.0848 e. The monoisotopic (exact) mass is 108 g/mol. The Morgan fingerprint density at radius 3 is 1.75 bits per heavy atom. The zero-order chi connectivity index (χ0) is 5.56. The highest BCUT2D eigenvalue weighted by molar-refractivity contribution is 5.10. The fourth-order valence-corrected chi connectivity index (χ4v) is 2.06. The standard InChI is InChI=1S/C8H12/c1-6-7-2-3-8(6)5-4-7/h2-3,6-8H,4-5H2,1H3/t6?,7-,8?/m1/s1. The Kier molecular flexibility index (Phi) is 0.787. The summed E-state index contributed by atoms with van der Waals surface area (Å²) in [5, 5.41) is 0. The molecule has 2 bridgehead atoms. The van der Waals surface area contributed by atoms with Crippen LogP contribution in [0.1, 0.15) is 19.8 Å². The normalized spacial score (nSPS) is 50.9. The van der Waals surface area contributed by atoms with Crippen LogP contribution in [0, 0.1) is 17.8 Å². The van der Waals surface area contributed by atoms with Gasteiger partial charge in [0, 0.05) is 0 Å². The van der Waals surface area contributed by atoms with Crippen molar-refractivity contribution in [3.63, 3.8) is 0 Å². The van der Waals surface area contributed by atoms with Gasteiger partial charge in [0.15, 0.2) is 0 Å². The van der Waals surface area contributed by atoms with E-state index in [1.54, 1.807) is 0 Å². The first-order valence-corrected chi connectivity index (χ1v) is 3.56. The molecule has 3 atom stereocenters. The smallest absolute Gasteiger partial charge is 0.0202 e. The quantitative estimate of drug-likeness (QED) is 0.417. The molecule has 0 aromatic rings. The highest BCUT2D eigenvalue weighted by Crippen LogP contribution is 2.43. The lowest BCUT2D eigenvalue weighted by molar-refractivity contribution is 0.474. The van der Waals surface area contributed by atoms with Crippen molar-refractivity contribution in [2.75, 3.05) is 0 Å². The summed E-state index contributed by atoms with van der Waals surface area (Å²) in [4.78, 5) is 0. The molecule has 2 aliphatic rings. The number of hydrogen-bond donors (Lipinski definition) is 0. The van der Waals surface area contributed by atoms with Crippen molar-refractivity contribution < 1.29 is 0 Å². The van der Waals surface area contributed by atoms with Crippen LogP contribution in [0.4, 0.5) is 0 Å². The Labute approximate surface area is 50.6 Å². The van der Waals surface area contributed by atoms with Gasteiger partial charge in [0.25, 0.3) is 0 Å². The van der Waals surface area contributed by atoms with Crippen LogP contribution < -0.4 is 0 Å². The summed E-state index contributed by atoms with van der Waals surface area (Å²) in [5.41, 5.74) is 0. The van der Waals surface area contributed by atoms with Gasteiger partial charge < -0.3 is 0 Å². The van der Waals surface area contributed by atoms with E-state index in [9.17, 15) is 0 Å². The van der Waals surface area contributed by atoms with Crippen LogP contribution in [0.2, 0.25) is 0 Å². The van der Waals surface area contributed by atoms with Gasteiger partial charge in [-0.2, -0.15) is 0 Å². The van der Waals surface area contributed by atoms with Crippen molar-refractivity contribution in [2.45, 2.75) is 19.8 Å². The molecule has 0 spiro atoms. The van der Waals surface area contributed by atoms with E-state index in [1.165, 1.54) is 12.8 Å². The maximum absolute atomic E-state index is 2.40. The van der Waals surface area contributed by atoms with Crippen LogP contribution >= 0.6 is 0 Å². The minimum atomic E-state index is 0.958. The molecule has 2 aliphatic carbocycles. The Morgan fingerprint density at radius 1 is 1.12 bits per heavy atom. The summed E-state index contributed by atoms with van der Waals surface area (Å²) in [5.74, 6) is 2.90. The van der Waals surface area contributed by atoms with Gasteiger partial charge in [-0.05, 0) is 30.6 Å². The molecule has 0 aliphatic heterocycles. The molecular formula is C8H12. The molecule has 2 unspecified atom stereocenters. The predicted octanol–water partition coefficient (Wildman–Crippen LogP) is 2.22. The molecule has 0 aromatic heterocycles. The van der Waals surface area contributed by atoms with Gasteiger partial charge >= 0.3 is 0 Å². The molecule has 1 saturated carbocycles. The number of allylic oxidation sites excluding steroid dienone is 2. The van der Waals surface area contributed by atoms with E-state index in [-0.39, 0.29) is 0 Å². The molecule has 0 N–H and O–H groups in total. The lowest BCUT2D eigenvalue weighted by atomic mass is 10.00. The van der Waals surface area contributed by atoms with Crippen molar-refractivity contribution in [3.05, 3.63) is 12.2 Å². The third kappa shape index (κ3) is 0.410. The van der Waals surface area contributed by atoms with Gasteiger partial charge in [-0.25, -0.2) is 0 Å². The van der Waals surface area contributed by atoms with E-state index < -0.39 is 0 Å². The van der Waals surface area contributed by atoms with Gasteiger partial charge in [-0.3, -0.25) is 0 Å². The molecule has 44 valence electrons. The number of hydrogen-bond acceptors (Lipinski definition) is 0. The average Bonchev–Trinajstić information content (AvgIpc) is 2.29. The van der Waals surface area contributed by atoms with Gasteiger partial charge in [-0.15, -0.1) is 0 Å². The highest BCUT2D eigenvalue weighted by atomic mass is 14.4. The number of rotatable bonds is 0. The SMILES string of the molecule is CC1C2C=C[C@@H]1CC2. The summed E-state index contributed by atoms with van der Waals surface area (Å²) < 4.78 is 0. The molecule has 0 saturated heterocycles. The summed E-state index contributed by atoms with van der Waals surface area (Å²) in [6.07, 6.45) is 7.72. The Morgan fingerprint density at radius 2 is 1.62 bits per heavy atom. The van der Waals surface area contributed by atoms with Crippen molar-refractivity contribution in [3.8, 4) is 0 Å². The second-order valence-electron chi connectivity index (χ2n) is 3.15. The Hall–Kier alpha value is -0.260. The third-order valence-electron chi connectivity index (χ3n) is 2.79. The zero-order valence-electron chi connectivity index (χ0n) is 5.30. The van der Waals surface area contributed by atoms with E-state index in [1.807, 2.05) is 0 Å². The van der Waals surface area contributed by atoms with Gasteiger partial charge in [0.1, 0.15) is 0 Å². The lowest BCUT2D eigenvalue weighted by Crippen LogP contribution is -1.99. The predicted molar refractivity (Wildman–Crippen MR) is 34.5 cm³/mol. The van der Waals surface area contributed by atoms with Crippen LogP contribution in [0.5, 0.6) is 0 Å². The van der Waals surface area contributed by atoms with Crippen LogP contribution in [-0.2, 0) is 0 Å². The van der Waals surface area contributed by atoms with Gasteiger partial charge in [0.05, 0.1) is 0 Å². The molecule has 2 rings (SSSR count). The molecule has 0 nitrogen and oxygen atoms in total. The van der Waals surface area contributed by atoms with E-state index in [0.29, 0.717) is 0 Å². The maximum Gasteiger partial charge on any atom is -0.0202 e. The first-order valence-electron chi connectivity index (χ1n) is 3.56. The van der Waals surface area contributed by atoms with Crippen molar-refractivity contribution in [2.24, 2.45) is 17.8 Å². The van der Waals surface area contributed by atoms with Crippen LogP contribution in [-0.4, -0.2) is 0 Å². The first-order chi connectivity index (χ1) is 3.88. The zero-order valence-corrected chi connectivity index (χ0v) is 5.30. The molecule has 0 heterocycles. The fraction of sp³-hybridized carbons (Fsp3) is 0.750. The summed E-state index contributed by atoms with van der Waals surface area (Å²) in [7, 11) is 0. The van der Waals surface area contributed by atoms with Crippen molar-refractivity contribution >= 4 is 0 Å². The first kappa shape index (κ1) is 4.60. The lowest BCUT2D eigenvalue weighted by Gasteiger charge is -2.05. The average molecular weight is 108 g/mol. The topological polar surface area (TPSA) is 0 Å². The molecule has 1 fully saturated rings. The molecule has 0 radical (unpaired) electrons.